The Bertz CT molecular complexity index is 405. The third-order valence-electron chi connectivity index (χ3n) is 2.40. The lowest BCUT2D eigenvalue weighted by Crippen LogP contribution is -2.41. The third kappa shape index (κ3) is 3.85. The van der Waals surface area contributed by atoms with Crippen LogP contribution in [0.3, 0.4) is 0 Å². The molecule has 0 saturated carbocycles. The molecule has 0 bridgehead atoms. The molecule has 1 aromatic rings. The van der Waals surface area contributed by atoms with Crippen LogP contribution in [0.25, 0.3) is 0 Å². The molecule has 0 aliphatic rings. The first-order chi connectivity index (χ1) is 8.56. The van der Waals surface area contributed by atoms with Gasteiger partial charge in [-0.3, -0.25) is 9.59 Å². The maximum absolute atomic E-state index is 11.9. The summed E-state index contributed by atoms with van der Waals surface area (Å²) in [5, 5.41) is 11.2. The number of amides is 1. The molecule has 0 aliphatic heterocycles. The third-order valence-corrected chi connectivity index (χ3v) is 2.40. The van der Waals surface area contributed by atoms with E-state index in [-0.39, 0.29) is 0 Å². The Hall–Kier alpha value is -1.88. The highest BCUT2D eigenvalue weighted by atomic mass is 16.5. The molecule has 0 fully saturated rings. The lowest BCUT2D eigenvalue weighted by Gasteiger charge is -2.18. The molecular weight excluding hydrogens is 234 g/mol. The summed E-state index contributed by atoms with van der Waals surface area (Å²) in [5.74, 6) is -1.52. The van der Waals surface area contributed by atoms with E-state index in [2.05, 4.69) is 5.32 Å². The van der Waals surface area contributed by atoms with Crippen LogP contribution in [0.5, 0.6) is 0 Å². The second-order valence-electron chi connectivity index (χ2n) is 3.81. The van der Waals surface area contributed by atoms with Gasteiger partial charge in [-0.05, 0) is 19.4 Å². The molecule has 5 heteroatoms. The van der Waals surface area contributed by atoms with Crippen LogP contribution in [0.15, 0.2) is 30.3 Å². The monoisotopic (exact) mass is 251 g/mol. The van der Waals surface area contributed by atoms with Gasteiger partial charge in [0.05, 0.1) is 0 Å². The van der Waals surface area contributed by atoms with Crippen LogP contribution in [-0.4, -0.2) is 29.6 Å². The zero-order valence-corrected chi connectivity index (χ0v) is 10.4. The Morgan fingerprint density at radius 1 is 1.33 bits per heavy atom. The first kappa shape index (κ1) is 14.2. The van der Waals surface area contributed by atoms with Gasteiger partial charge in [0, 0.05) is 6.61 Å². The predicted molar refractivity (Wildman–Crippen MR) is 66.0 cm³/mol. The quantitative estimate of drug-likeness (QED) is 0.800. The summed E-state index contributed by atoms with van der Waals surface area (Å²) < 4.78 is 5.37. The second-order valence-corrected chi connectivity index (χ2v) is 3.81. The lowest BCUT2D eigenvalue weighted by molar-refractivity contribution is -0.144. The van der Waals surface area contributed by atoms with Gasteiger partial charge < -0.3 is 15.2 Å². The first-order valence-electron chi connectivity index (χ1n) is 5.76. The fraction of sp³-hybridized carbons (Fsp3) is 0.385. The van der Waals surface area contributed by atoms with Gasteiger partial charge >= 0.3 is 5.97 Å². The van der Waals surface area contributed by atoms with Gasteiger partial charge in [-0.1, -0.05) is 30.3 Å². The molecule has 5 nitrogen and oxygen atoms in total. The number of aliphatic carboxylic acids is 1. The van der Waals surface area contributed by atoms with Crippen LogP contribution >= 0.6 is 0 Å². The van der Waals surface area contributed by atoms with E-state index < -0.39 is 24.0 Å². The van der Waals surface area contributed by atoms with E-state index >= 15 is 0 Å². The van der Waals surface area contributed by atoms with Crippen molar-refractivity contribution in [2.45, 2.75) is 26.0 Å². The Labute approximate surface area is 106 Å². The zero-order chi connectivity index (χ0) is 13.5. The highest BCUT2D eigenvalue weighted by Crippen LogP contribution is 2.17. The van der Waals surface area contributed by atoms with Crippen LogP contribution < -0.4 is 5.32 Å². The number of ether oxygens (including phenoxy) is 1. The Balaban J connectivity index is 2.79. The molecule has 0 aliphatic carbocycles. The summed E-state index contributed by atoms with van der Waals surface area (Å²) in [6.07, 6.45) is -0.780. The van der Waals surface area contributed by atoms with Crippen LogP contribution in [0.4, 0.5) is 0 Å². The molecule has 1 aromatic carbocycles. The molecule has 0 heterocycles. The minimum absolute atomic E-state index is 0.369. The maximum atomic E-state index is 11.9. The van der Waals surface area contributed by atoms with E-state index in [0.29, 0.717) is 12.2 Å². The van der Waals surface area contributed by atoms with E-state index in [1.165, 1.54) is 6.92 Å². The normalized spacial score (nSPS) is 13.7. The topological polar surface area (TPSA) is 75.6 Å². The van der Waals surface area contributed by atoms with Gasteiger partial charge in [-0.15, -0.1) is 0 Å². The van der Waals surface area contributed by atoms with Gasteiger partial charge in [0.25, 0.3) is 5.91 Å². The Morgan fingerprint density at radius 3 is 2.44 bits per heavy atom. The van der Waals surface area contributed by atoms with Crippen LogP contribution in [-0.2, 0) is 14.3 Å². The minimum Gasteiger partial charge on any atom is -0.480 e. The van der Waals surface area contributed by atoms with Gasteiger partial charge in [0.1, 0.15) is 6.04 Å². The predicted octanol–water partition coefficient (Wildman–Crippen LogP) is 1.35. The molecular formula is C13H17NO4. The van der Waals surface area contributed by atoms with Crippen molar-refractivity contribution < 1.29 is 19.4 Å². The van der Waals surface area contributed by atoms with Crippen LogP contribution in [0.1, 0.15) is 25.5 Å². The van der Waals surface area contributed by atoms with Crippen molar-refractivity contribution in [1.82, 2.24) is 5.32 Å². The van der Waals surface area contributed by atoms with E-state index in [1.54, 1.807) is 31.2 Å². The van der Waals surface area contributed by atoms with E-state index in [0.717, 1.165) is 0 Å². The summed E-state index contributed by atoms with van der Waals surface area (Å²) in [6, 6.07) is 8.04. The molecule has 2 atom stereocenters. The summed E-state index contributed by atoms with van der Waals surface area (Å²) in [6.45, 7) is 3.56. The molecule has 0 radical (unpaired) electrons. The molecule has 1 amide bonds. The summed E-state index contributed by atoms with van der Waals surface area (Å²) in [5.41, 5.74) is 0.703. The molecule has 98 valence electrons. The minimum atomic E-state index is -1.08. The van der Waals surface area contributed by atoms with Gasteiger partial charge in [0.2, 0.25) is 0 Å². The average molecular weight is 251 g/mol. The fourth-order valence-electron chi connectivity index (χ4n) is 1.47. The number of carbonyl (C=O) groups excluding carboxylic acids is 1. The molecule has 0 aromatic heterocycles. The SMILES string of the molecule is CCOC(C(=O)N[C@@H](C)C(=O)O)c1ccccc1. The Kier molecular flexibility index (Phi) is 5.32. The number of hydrogen-bond acceptors (Lipinski definition) is 3. The number of carbonyl (C=O) groups is 2. The number of carboxylic acid groups (broad SMARTS) is 1. The first-order valence-corrected chi connectivity index (χ1v) is 5.76. The van der Waals surface area contributed by atoms with Crippen molar-refractivity contribution in [1.29, 1.82) is 0 Å². The highest BCUT2D eigenvalue weighted by molar-refractivity contribution is 5.86. The molecule has 1 rings (SSSR count). The second kappa shape index (κ2) is 6.76. The smallest absolute Gasteiger partial charge is 0.325 e. The molecule has 18 heavy (non-hydrogen) atoms. The molecule has 0 saturated heterocycles. The van der Waals surface area contributed by atoms with E-state index in [9.17, 15) is 9.59 Å². The number of hydrogen-bond donors (Lipinski definition) is 2. The van der Waals surface area contributed by atoms with Crippen molar-refractivity contribution >= 4 is 11.9 Å². The number of nitrogens with one attached hydrogen (secondary N) is 1. The largest absolute Gasteiger partial charge is 0.480 e. The van der Waals surface area contributed by atoms with Gasteiger partial charge in [0.15, 0.2) is 6.10 Å². The van der Waals surface area contributed by atoms with Crippen molar-refractivity contribution in [3.05, 3.63) is 35.9 Å². The van der Waals surface area contributed by atoms with E-state index in [4.69, 9.17) is 9.84 Å². The highest BCUT2D eigenvalue weighted by Gasteiger charge is 2.24. The van der Waals surface area contributed by atoms with Gasteiger partial charge in [-0.2, -0.15) is 0 Å². The summed E-state index contributed by atoms with van der Waals surface area (Å²) >= 11 is 0. The van der Waals surface area contributed by atoms with Crippen LogP contribution in [0.2, 0.25) is 0 Å². The number of rotatable bonds is 6. The van der Waals surface area contributed by atoms with Crippen LogP contribution in [0, 0.1) is 0 Å². The lowest BCUT2D eigenvalue weighted by atomic mass is 10.1. The summed E-state index contributed by atoms with van der Waals surface area (Å²) in [7, 11) is 0. The maximum Gasteiger partial charge on any atom is 0.325 e. The molecule has 1 unspecified atom stereocenters. The van der Waals surface area contributed by atoms with Crippen molar-refractivity contribution in [2.75, 3.05) is 6.61 Å². The summed E-state index contributed by atoms with van der Waals surface area (Å²) in [4.78, 5) is 22.6. The Morgan fingerprint density at radius 2 is 1.94 bits per heavy atom. The van der Waals surface area contributed by atoms with E-state index in [1.807, 2.05) is 6.07 Å². The number of carboxylic acids is 1. The fourth-order valence-corrected chi connectivity index (χ4v) is 1.47. The molecule has 2 N–H and O–H groups in total. The molecule has 0 spiro atoms. The standard InChI is InChI=1S/C13H17NO4/c1-3-18-11(10-7-5-4-6-8-10)12(15)14-9(2)13(16)17/h4-9,11H,3H2,1-2H3,(H,14,15)(H,16,17)/t9-,11?/m0/s1. The average Bonchev–Trinajstić information content (AvgIpc) is 2.36. The van der Waals surface area contributed by atoms with Crippen molar-refractivity contribution in [3.8, 4) is 0 Å². The number of benzene rings is 1. The van der Waals surface area contributed by atoms with Crippen molar-refractivity contribution in [2.24, 2.45) is 0 Å². The van der Waals surface area contributed by atoms with Crippen molar-refractivity contribution in [3.63, 3.8) is 0 Å². The van der Waals surface area contributed by atoms with Gasteiger partial charge in [-0.25, -0.2) is 0 Å². The zero-order valence-electron chi connectivity index (χ0n) is 10.4.